The summed E-state index contributed by atoms with van der Waals surface area (Å²) in [6.07, 6.45) is 6.60. The molecule has 2 fully saturated rings. The van der Waals surface area contributed by atoms with Gasteiger partial charge in [0, 0.05) is 19.1 Å². The standard InChI is InChI=1S/C13H25N3O2/c1-10(13(17)18-12-4-2-3-5-12)15-11-6-8-16(14)9-7-11/h10-12,15H,2-9,14H2,1H3/t10-/m0/s1. The van der Waals surface area contributed by atoms with E-state index in [-0.39, 0.29) is 18.1 Å². The highest BCUT2D eigenvalue weighted by molar-refractivity contribution is 5.75. The van der Waals surface area contributed by atoms with Crippen LogP contribution in [-0.4, -0.2) is 42.3 Å². The van der Waals surface area contributed by atoms with Crippen molar-refractivity contribution in [2.45, 2.75) is 63.6 Å². The number of nitrogens with zero attached hydrogens (tertiary/aromatic N) is 1. The summed E-state index contributed by atoms with van der Waals surface area (Å²) in [7, 11) is 0. The first-order chi connectivity index (χ1) is 8.65. The van der Waals surface area contributed by atoms with E-state index in [1.165, 1.54) is 12.8 Å². The molecular formula is C13H25N3O2. The second-order valence-corrected chi connectivity index (χ2v) is 5.54. The fourth-order valence-corrected chi connectivity index (χ4v) is 2.76. The Morgan fingerprint density at radius 3 is 2.50 bits per heavy atom. The number of esters is 1. The zero-order chi connectivity index (χ0) is 13.0. The van der Waals surface area contributed by atoms with E-state index in [4.69, 9.17) is 10.6 Å². The molecule has 0 bridgehead atoms. The smallest absolute Gasteiger partial charge is 0.323 e. The average molecular weight is 255 g/mol. The monoisotopic (exact) mass is 255 g/mol. The SMILES string of the molecule is C[C@H](NC1CCN(N)CC1)C(=O)OC1CCCC1. The Kier molecular flexibility index (Phi) is 4.97. The van der Waals surface area contributed by atoms with Crippen LogP contribution in [0.25, 0.3) is 0 Å². The lowest BCUT2D eigenvalue weighted by Gasteiger charge is -2.31. The van der Waals surface area contributed by atoms with Gasteiger partial charge in [-0.1, -0.05) is 0 Å². The highest BCUT2D eigenvalue weighted by Crippen LogP contribution is 2.21. The highest BCUT2D eigenvalue weighted by Gasteiger charge is 2.25. The topological polar surface area (TPSA) is 67.6 Å². The van der Waals surface area contributed by atoms with Crippen molar-refractivity contribution in [3.05, 3.63) is 0 Å². The van der Waals surface area contributed by atoms with Crippen LogP contribution in [0, 0.1) is 0 Å². The van der Waals surface area contributed by atoms with Crippen LogP contribution in [-0.2, 0) is 9.53 Å². The summed E-state index contributed by atoms with van der Waals surface area (Å²) in [6.45, 7) is 3.68. The number of carbonyl (C=O) groups is 1. The summed E-state index contributed by atoms with van der Waals surface area (Å²) < 4.78 is 5.50. The molecule has 3 N–H and O–H groups in total. The number of ether oxygens (including phenoxy) is 1. The summed E-state index contributed by atoms with van der Waals surface area (Å²) >= 11 is 0. The molecule has 1 aliphatic carbocycles. The summed E-state index contributed by atoms with van der Waals surface area (Å²) in [5.41, 5.74) is 0. The van der Waals surface area contributed by atoms with Crippen molar-refractivity contribution >= 4 is 5.97 Å². The van der Waals surface area contributed by atoms with Gasteiger partial charge < -0.3 is 10.1 Å². The van der Waals surface area contributed by atoms with Gasteiger partial charge in [-0.3, -0.25) is 10.6 Å². The van der Waals surface area contributed by atoms with Gasteiger partial charge in [0.15, 0.2) is 0 Å². The largest absolute Gasteiger partial charge is 0.461 e. The summed E-state index contributed by atoms with van der Waals surface area (Å²) in [4.78, 5) is 11.9. The molecule has 1 saturated heterocycles. The minimum Gasteiger partial charge on any atom is -0.461 e. The summed E-state index contributed by atoms with van der Waals surface area (Å²) in [6, 6.07) is 0.177. The Morgan fingerprint density at radius 1 is 1.28 bits per heavy atom. The molecule has 0 aromatic rings. The van der Waals surface area contributed by atoms with Crippen molar-refractivity contribution in [3.63, 3.8) is 0 Å². The van der Waals surface area contributed by atoms with E-state index in [2.05, 4.69) is 5.32 Å². The number of hydrogen-bond donors (Lipinski definition) is 2. The number of nitrogens with one attached hydrogen (secondary N) is 1. The second-order valence-electron chi connectivity index (χ2n) is 5.54. The first-order valence-electron chi connectivity index (χ1n) is 7.11. The highest BCUT2D eigenvalue weighted by atomic mass is 16.5. The molecule has 5 nitrogen and oxygen atoms in total. The van der Waals surface area contributed by atoms with E-state index >= 15 is 0 Å². The molecule has 2 rings (SSSR count). The average Bonchev–Trinajstić information content (AvgIpc) is 2.85. The molecule has 104 valence electrons. The molecule has 1 heterocycles. The van der Waals surface area contributed by atoms with E-state index in [0.29, 0.717) is 6.04 Å². The number of hydrogen-bond acceptors (Lipinski definition) is 5. The number of hydrazine groups is 1. The predicted molar refractivity (Wildman–Crippen MR) is 69.7 cm³/mol. The number of rotatable bonds is 4. The molecule has 5 heteroatoms. The molecular weight excluding hydrogens is 230 g/mol. The first kappa shape index (κ1) is 13.8. The van der Waals surface area contributed by atoms with Crippen LogP contribution in [0.5, 0.6) is 0 Å². The molecule has 0 unspecified atom stereocenters. The van der Waals surface area contributed by atoms with Crippen molar-refractivity contribution in [3.8, 4) is 0 Å². The maximum absolute atomic E-state index is 11.9. The molecule has 0 aromatic heterocycles. The lowest BCUT2D eigenvalue weighted by Crippen LogP contribution is -2.49. The van der Waals surface area contributed by atoms with Crippen molar-refractivity contribution in [2.75, 3.05) is 13.1 Å². The minimum atomic E-state index is -0.208. The Morgan fingerprint density at radius 2 is 1.89 bits per heavy atom. The lowest BCUT2D eigenvalue weighted by molar-refractivity contribution is -0.151. The number of carbonyl (C=O) groups excluding carboxylic acids is 1. The van der Waals surface area contributed by atoms with E-state index in [0.717, 1.165) is 38.8 Å². The Labute approximate surface area is 109 Å². The van der Waals surface area contributed by atoms with Gasteiger partial charge in [-0.25, -0.2) is 5.01 Å². The van der Waals surface area contributed by atoms with Crippen LogP contribution in [0.2, 0.25) is 0 Å². The van der Waals surface area contributed by atoms with Crippen molar-refractivity contribution in [2.24, 2.45) is 5.84 Å². The van der Waals surface area contributed by atoms with Crippen LogP contribution < -0.4 is 11.2 Å². The quantitative estimate of drug-likeness (QED) is 0.574. The predicted octanol–water partition coefficient (Wildman–Crippen LogP) is 0.788. The Hall–Kier alpha value is -0.650. The van der Waals surface area contributed by atoms with E-state index in [1.807, 2.05) is 11.9 Å². The number of piperidine rings is 1. The van der Waals surface area contributed by atoms with E-state index in [1.54, 1.807) is 0 Å². The van der Waals surface area contributed by atoms with Gasteiger partial charge in [0.05, 0.1) is 0 Å². The maximum atomic E-state index is 11.9. The molecule has 0 amide bonds. The van der Waals surface area contributed by atoms with Gasteiger partial charge in [0.1, 0.15) is 12.1 Å². The van der Waals surface area contributed by atoms with Crippen LogP contribution in [0.3, 0.4) is 0 Å². The minimum absolute atomic E-state index is 0.0999. The third kappa shape index (κ3) is 3.93. The fraction of sp³-hybridized carbons (Fsp3) is 0.923. The van der Waals surface area contributed by atoms with Gasteiger partial charge >= 0.3 is 5.97 Å². The Bertz CT molecular complexity index is 271. The summed E-state index contributed by atoms with van der Waals surface area (Å²) in [5.74, 6) is 5.61. The molecule has 0 radical (unpaired) electrons. The molecule has 18 heavy (non-hydrogen) atoms. The van der Waals surface area contributed by atoms with Crippen molar-refractivity contribution < 1.29 is 9.53 Å². The maximum Gasteiger partial charge on any atom is 0.323 e. The van der Waals surface area contributed by atoms with E-state index in [9.17, 15) is 4.79 Å². The third-order valence-corrected chi connectivity index (χ3v) is 3.95. The van der Waals surface area contributed by atoms with Crippen LogP contribution in [0.4, 0.5) is 0 Å². The van der Waals surface area contributed by atoms with Gasteiger partial charge in [-0.05, 0) is 45.4 Å². The van der Waals surface area contributed by atoms with Gasteiger partial charge in [-0.2, -0.15) is 0 Å². The zero-order valence-corrected chi connectivity index (χ0v) is 11.2. The van der Waals surface area contributed by atoms with Gasteiger partial charge in [0.2, 0.25) is 0 Å². The van der Waals surface area contributed by atoms with Crippen LogP contribution >= 0.6 is 0 Å². The van der Waals surface area contributed by atoms with Crippen LogP contribution in [0.15, 0.2) is 0 Å². The van der Waals surface area contributed by atoms with E-state index < -0.39 is 0 Å². The molecule has 1 saturated carbocycles. The zero-order valence-electron chi connectivity index (χ0n) is 11.2. The third-order valence-electron chi connectivity index (χ3n) is 3.95. The van der Waals surface area contributed by atoms with Crippen LogP contribution in [0.1, 0.15) is 45.4 Å². The molecule has 1 aliphatic heterocycles. The molecule has 1 atom stereocenters. The van der Waals surface area contributed by atoms with Crippen molar-refractivity contribution in [1.82, 2.24) is 10.3 Å². The van der Waals surface area contributed by atoms with Gasteiger partial charge in [-0.15, -0.1) is 0 Å². The summed E-state index contributed by atoms with van der Waals surface area (Å²) in [5, 5.41) is 5.19. The van der Waals surface area contributed by atoms with Crippen molar-refractivity contribution in [1.29, 1.82) is 0 Å². The number of nitrogens with two attached hydrogens (primary N) is 1. The Balaban J connectivity index is 1.69. The first-order valence-corrected chi connectivity index (χ1v) is 7.11. The second kappa shape index (κ2) is 6.50. The normalized spacial score (nSPS) is 25.2. The molecule has 2 aliphatic rings. The molecule has 0 aromatic carbocycles. The fourth-order valence-electron chi connectivity index (χ4n) is 2.76. The lowest BCUT2D eigenvalue weighted by atomic mass is 10.1. The van der Waals surface area contributed by atoms with Gasteiger partial charge in [0.25, 0.3) is 0 Å². The molecule has 0 spiro atoms.